The first kappa shape index (κ1) is 15.5. The third kappa shape index (κ3) is 4.97. The van der Waals surface area contributed by atoms with Gasteiger partial charge in [-0.05, 0) is 31.7 Å². The summed E-state index contributed by atoms with van der Waals surface area (Å²) >= 11 is 0. The molecule has 0 spiro atoms. The molecule has 1 heterocycles. The number of rotatable bonds is 7. The van der Waals surface area contributed by atoms with Crippen molar-refractivity contribution in [2.75, 3.05) is 19.6 Å². The van der Waals surface area contributed by atoms with Gasteiger partial charge in [0.25, 0.3) is 0 Å². The van der Waals surface area contributed by atoms with E-state index in [2.05, 4.69) is 31.0 Å². The van der Waals surface area contributed by atoms with Gasteiger partial charge in [0, 0.05) is 25.6 Å². The lowest BCUT2D eigenvalue weighted by atomic mass is 9.93. The first-order valence-electron chi connectivity index (χ1n) is 7.70. The van der Waals surface area contributed by atoms with Crippen molar-refractivity contribution in [1.82, 2.24) is 10.2 Å². The van der Waals surface area contributed by atoms with Crippen molar-refractivity contribution in [2.24, 2.45) is 5.92 Å². The molecule has 2 unspecified atom stereocenters. The summed E-state index contributed by atoms with van der Waals surface area (Å²) < 4.78 is 0. The minimum absolute atomic E-state index is 0.365. The second kappa shape index (κ2) is 8.52. The minimum Gasteiger partial charge on any atom is -0.342 e. The highest BCUT2D eigenvalue weighted by atomic mass is 16.2. The van der Waals surface area contributed by atoms with E-state index in [1.807, 2.05) is 0 Å². The van der Waals surface area contributed by atoms with E-state index in [-0.39, 0.29) is 0 Å². The maximum absolute atomic E-state index is 12.0. The summed E-state index contributed by atoms with van der Waals surface area (Å²) in [6, 6.07) is 0.602. The molecule has 1 saturated heterocycles. The Morgan fingerprint density at radius 1 is 1.28 bits per heavy atom. The van der Waals surface area contributed by atoms with Crippen LogP contribution in [0, 0.1) is 5.92 Å². The van der Waals surface area contributed by atoms with Crippen molar-refractivity contribution in [3.63, 3.8) is 0 Å². The van der Waals surface area contributed by atoms with Gasteiger partial charge in [-0.15, -0.1) is 0 Å². The van der Waals surface area contributed by atoms with E-state index in [4.69, 9.17) is 0 Å². The van der Waals surface area contributed by atoms with Crippen LogP contribution in [-0.4, -0.2) is 36.5 Å². The fraction of sp³-hybridized carbons (Fsp3) is 0.933. The first-order chi connectivity index (χ1) is 8.69. The molecule has 0 aromatic carbocycles. The number of nitrogens with zero attached hydrogens (tertiary/aromatic N) is 1. The summed E-state index contributed by atoms with van der Waals surface area (Å²) in [6.07, 6.45) is 6.46. The summed E-state index contributed by atoms with van der Waals surface area (Å²) in [7, 11) is 0. The highest BCUT2D eigenvalue weighted by Gasteiger charge is 2.27. The summed E-state index contributed by atoms with van der Waals surface area (Å²) in [5.41, 5.74) is 0. The van der Waals surface area contributed by atoms with E-state index >= 15 is 0 Å². The lowest BCUT2D eigenvalue weighted by Gasteiger charge is -2.37. The van der Waals surface area contributed by atoms with E-state index < -0.39 is 0 Å². The normalized spacial score (nSPS) is 24.3. The summed E-state index contributed by atoms with van der Waals surface area (Å²) in [5.74, 6) is 0.949. The van der Waals surface area contributed by atoms with Crippen LogP contribution in [0.2, 0.25) is 0 Å². The predicted molar refractivity (Wildman–Crippen MR) is 76.6 cm³/mol. The molecule has 0 bridgehead atoms. The van der Waals surface area contributed by atoms with E-state index in [1.165, 1.54) is 19.3 Å². The van der Waals surface area contributed by atoms with Crippen LogP contribution in [0.3, 0.4) is 0 Å². The maximum Gasteiger partial charge on any atom is 0.222 e. The highest BCUT2D eigenvalue weighted by Crippen LogP contribution is 2.18. The van der Waals surface area contributed by atoms with Crippen LogP contribution in [0.4, 0.5) is 0 Å². The predicted octanol–water partition coefficient (Wildman–Crippen LogP) is 2.80. The quantitative estimate of drug-likeness (QED) is 0.709. The Bertz CT molecular complexity index is 243. The average molecular weight is 254 g/mol. The summed E-state index contributed by atoms with van der Waals surface area (Å²) in [4.78, 5) is 14.1. The smallest absolute Gasteiger partial charge is 0.222 e. The minimum atomic E-state index is 0.365. The van der Waals surface area contributed by atoms with Crippen LogP contribution in [0.15, 0.2) is 0 Å². The zero-order valence-corrected chi connectivity index (χ0v) is 12.4. The van der Waals surface area contributed by atoms with Crippen molar-refractivity contribution in [1.29, 1.82) is 0 Å². The van der Waals surface area contributed by atoms with E-state index in [0.29, 0.717) is 17.9 Å². The van der Waals surface area contributed by atoms with Crippen molar-refractivity contribution >= 4 is 5.91 Å². The molecule has 2 atom stereocenters. The molecule has 106 valence electrons. The van der Waals surface area contributed by atoms with Gasteiger partial charge >= 0.3 is 0 Å². The summed E-state index contributed by atoms with van der Waals surface area (Å²) in [5, 5.41) is 3.59. The van der Waals surface area contributed by atoms with Crippen molar-refractivity contribution in [2.45, 2.75) is 65.3 Å². The molecule has 0 saturated carbocycles. The van der Waals surface area contributed by atoms with E-state index in [9.17, 15) is 4.79 Å². The molecule has 18 heavy (non-hydrogen) atoms. The van der Waals surface area contributed by atoms with Gasteiger partial charge in [0.2, 0.25) is 5.91 Å². The molecule has 1 amide bonds. The topological polar surface area (TPSA) is 32.3 Å². The highest BCUT2D eigenvalue weighted by molar-refractivity contribution is 5.76. The SMILES string of the molecule is CCCCCC(=O)N1CCC(NCCC)C(C)C1. The number of piperidine rings is 1. The lowest BCUT2D eigenvalue weighted by Crippen LogP contribution is -2.50. The van der Waals surface area contributed by atoms with Gasteiger partial charge in [-0.2, -0.15) is 0 Å². The number of hydrogen-bond donors (Lipinski definition) is 1. The summed E-state index contributed by atoms with van der Waals surface area (Å²) in [6.45, 7) is 9.61. The number of carbonyl (C=O) groups is 1. The van der Waals surface area contributed by atoms with Gasteiger partial charge in [-0.25, -0.2) is 0 Å². The van der Waals surface area contributed by atoms with Crippen LogP contribution in [0.1, 0.15) is 59.3 Å². The Balaban J connectivity index is 2.28. The van der Waals surface area contributed by atoms with Crippen molar-refractivity contribution < 1.29 is 4.79 Å². The zero-order valence-electron chi connectivity index (χ0n) is 12.4. The lowest BCUT2D eigenvalue weighted by molar-refractivity contribution is -0.133. The third-order valence-corrected chi connectivity index (χ3v) is 3.91. The van der Waals surface area contributed by atoms with Crippen molar-refractivity contribution in [3.05, 3.63) is 0 Å². The Hall–Kier alpha value is -0.570. The average Bonchev–Trinajstić information content (AvgIpc) is 2.37. The Morgan fingerprint density at radius 2 is 2.06 bits per heavy atom. The van der Waals surface area contributed by atoms with Crippen LogP contribution in [0.25, 0.3) is 0 Å². The largest absolute Gasteiger partial charge is 0.342 e. The van der Waals surface area contributed by atoms with Gasteiger partial charge < -0.3 is 10.2 Å². The molecule has 1 fully saturated rings. The molecule has 0 aromatic rings. The maximum atomic E-state index is 12.0. The van der Waals surface area contributed by atoms with Crippen LogP contribution in [-0.2, 0) is 4.79 Å². The standard InChI is InChI=1S/C15H30N2O/c1-4-6-7-8-15(18)17-11-9-14(13(3)12-17)16-10-5-2/h13-14,16H,4-12H2,1-3H3. The molecule has 1 N–H and O–H groups in total. The molecule has 1 aliphatic heterocycles. The Labute approximate surface area is 112 Å². The number of unbranched alkanes of at least 4 members (excludes halogenated alkanes) is 2. The number of amides is 1. The molecule has 1 rings (SSSR count). The van der Waals surface area contributed by atoms with E-state index in [0.717, 1.165) is 38.9 Å². The van der Waals surface area contributed by atoms with Crippen molar-refractivity contribution in [3.8, 4) is 0 Å². The molecular formula is C15H30N2O. The van der Waals surface area contributed by atoms with Gasteiger partial charge in [0.05, 0.1) is 0 Å². The van der Waals surface area contributed by atoms with E-state index in [1.54, 1.807) is 0 Å². The zero-order chi connectivity index (χ0) is 13.4. The molecule has 0 radical (unpaired) electrons. The van der Waals surface area contributed by atoms with Gasteiger partial charge in [-0.3, -0.25) is 4.79 Å². The molecule has 0 aromatic heterocycles. The Morgan fingerprint density at radius 3 is 2.67 bits per heavy atom. The van der Waals surface area contributed by atoms with Crippen LogP contribution >= 0.6 is 0 Å². The van der Waals surface area contributed by atoms with Gasteiger partial charge in [0.1, 0.15) is 0 Å². The second-order valence-electron chi connectivity index (χ2n) is 5.62. The molecular weight excluding hydrogens is 224 g/mol. The molecule has 1 aliphatic rings. The number of hydrogen-bond acceptors (Lipinski definition) is 2. The fourth-order valence-electron chi connectivity index (χ4n) is 2.69. The number of likely N-dealkylation sites (tertiary alicyclic amines) is 1. The van der Waals surface area contributed by atoms with Crippen LogP contribution in [0.5, 0.6) is 0 Å². The number of carbonyl (C=O) groups excluding carboxylic acids is 1. The second-order valence-corrected chi connectivity index (χ2v) is 5.62. The molecule has 3 heteroatoms. The van der Waals surface area contributed by atoms with Gasteiger partial charge in [-0.1, -0.05) is 33.6 Å². The molecule has 0 aliphatic carbocycles. The number of nitrogens with one attached hydrogen (secondary N) is 1. The van der Waals surface area contributed by atoms with Gasteiger partial charge in [0.15, 0.2) is 0 Å². The van der Waals surface area contributed by atoms with Crippen LogP contribution < -0.4 is 5.32 Å². The third-order valence-electron chi connectivity index (χ3n) is 3.91. The first-order valence-corrected chi connectivity index (χ1v) is 7.70. The monoisotopic (exact) mass is 254 g/mol. The Kier molecular flexibility index (Phi) is 7.33. The fourth-order valence-corrected chi connectivity index (χ4v) is 2.69. The molecule has 3 nitrogen and oxygen atoms in total.